The van der Waals surface area contributed by atoms with E-state index in [2.05, 4.69) is 29.2 Å². The van der Waals surface area contributed by atoms with E-state index in [1.54, 1.807) is 18.1 Å². The van der Waals surface area contributed by atoms with Gasteiger partial charge in [0.2, 0.25) is 5.95 Å². The van der Waals surface area contributed by atoms with Crippen LogP contribution in [0.2, 0.25) is 0 Å². The van der Waals surface area contributed by atoms with Gasteiger partial charge in [0.25, 0.3) is 0 Å². The van der Waals surface area contributed by atoms with Crippen molar-refractivity contribution in [2.75, 3.05) is 25.5 Å². The van der Waals surface area contributed by atoms with Crippen molar-refractivity contribution < 1.29 is 9.53 Å². The van der Waals surface area contributed by atoms with Crippen molar-refractivity contribution in [3.63, 3.8) is 0 Å². The zero-order chi connectivity index (χ0) is 17.8. The quantitative estimate of drug-likeness (QED) is 0.926. The predicted molar refractivity (Wildman–Crippen MR) is 95.7 cm³/mol. The van der Waals surface area contributed by atoms with E-state index in [4.69, 9.17) is 4.74 Å². The normalized spacial score (nSPS) is 20.4. The smallest absolute Gasteiger partial charge is 0.324 e. The number of hydrogen-bond donors (Lipinski definition) is 1. The minimum absolute atomic E-state index is 0.124. The van der Waals surface area contributed by atoms with E-state index < -0.39 is 0 Å². The topological polar surface area (TPSA) is 72.3 Å². The number of nitrogens with one attached hydrogen (secondary N) is 1. The van der Waals surface area contributed by atoms with E-state index in [-0.39, 0.29) is 6.03 Å². The number of hydrogen-bond acceptors (Lipinski definition) is 4. The number of rotatable bonds is 4. The van der Waals surface area contributed by atoms with Crippen LogP contribution in [-0.4, -0.2) is 45.9 Å². The summed E-state index contributed by atoms with van der Waals surface area (Å²) in [5.41, 5.74) is 1.09. The Bertz CT molecular complexity index is 713. The Morgan fingerprint density at radius 3 is 2.72 bits per heavy atom. The molecule has 1 aliphatic heterocycles. The first-order chi connectivity index (χ1) is 12.0. The second kappa shape index (κ2) is 7.55. The van der Waals surface area contributed by atoms with Crippen LogP contribution >= 0.6 is 0 Å². The first kappa shape index (κ1) is 17.3. The van der Waals surface area contributed by atoms with E-state index in [1.165, 1.54) is 0 Å². The minimum atomic E-state index is -0.124. The van der Waals surface area contributed by atoms with E-state index in [9.17, 15) is 4.79 Å². The minimum Gasteiger partial charge on any atom is -0.497 e. The van der Waals surface area contributed by atoms with Gasteiger partial charge in [-0.1, -0.05) is 26.0 Å². The van der Waals surface area contributed by atoms with Gasteiger partial charge in [0, 0.05) is 13.1 Å². The Hall–Kier alpha value is -2.57. The van der Waals surface area contributed by atoms with Crippen molar-refractivity contribution in [3.8, 4) is 5.75 Å². The number of carbonyl (C=O) groups excluding carboxylic acids is 1. The van der Waals surface area contributed by atoms with Gasteiger partial charge in [-0.25, -0.2) is 14.5 Å². The first-order valence-electron chi connectivity index (χ1n) is 8.63. The summed E-state index contributed by atoms with van der Waals surface area (Å²) in [5.74, 6) is 2.33. The molecule has 7 heteroatoms. The van der Waals surface area contributed by atoms with Gasteiger partial charge in [-0.3, -0.25) is 5.32 Å². The Morgan fingerprint density at radius 1 is 1.28 bits per heavy atom. The molecule has 1 N–H and O–H groups in total. The molecule has 1 aliphatic rings. The predicted octanol–water partition coefficient (Wildman–Crippen LogP) is 2.84. The maximum atomic E-state index is 12.4. The van der Waals surface area contributed by atoms with Gasteiger partial charge >= 0.3 is 6.03 Å². The molecule has 2 amide bonds. The number of carbonyl (C=O) groups is 1. The molecule has 2 atom stereocenters. The maximum Gasteiger partial charge on any atom is 0.324 e. The molecule has 25 heavy (non-hydrogen) atoms. The average Bonchev–Trinajstić information content (AvgIpc) is 3.04. The number of urea groups is 1. The number of likely N-dealkylation sites (tertiary alicyclic amines) is 1. The molecule has 1 fully saturated rings. The standard InChI is InChI=1S/C18H25N5O2/c1-13-8-9-22(10-14(13)2)18(24)20-17-19-12-23(21-17)11-15-4-6-16(25-3)7-5-15/h4-7,12-14H,8-11H2,1-3H3,(H,20,21,24). The number of benzene rings is 1. The third-order valence-corrected chi connectivity index (χ3v) is 4.88. The van der Waals surface area contributed by atoms with Crippen LogP contribution in [0.3, 0.4) is 0 Å². The Labute approximate surface area is 148 Å². The van der Waals surface area contributed by atoms with Crippen molar-refractivity contribution in [3.05, 3.63) is 36.2 Å². The Morgan fingerprint density at radius 2 is 2.04 bits per heavy atom. The lowest BCUT2D eigenvalue weighted by Crippen LogP contribution is -2.44. The lowest BCUT2D eigenvalue weighted by atomic mass is 9.89. The zero-order valence-corrected chi connectivity index (χ0v) is 15.0. The zero-order valence-electron chi connectivity index (χ0n) is 15.0. The van der Waals surface area contributed by atoms with Gasteiger partial charge in [0.15, 0.2) is 0 Å². The van der Waals surface area contributed by atoms with Crippen molar-refractivity contribution >= 4 is 12.0 Å². The highest BCUT2D eigenvalue weighted by molar-refractivity contribution is 5.87. The summed E-state index contributed by atoms with van der Waals surface area (Å²) >= 11 is 0. The number of piperidine rings is 1. The number of nitrogens with zero attached hydrogens (tertiary/aromatic N) is 4. The van der Waals surface area contributed by atoms with Crippen LogP contribution in [-0.2, 0) is 6.54 Å². The summed E-state index contributed by atoms with van der Waals surface area (Å²) in [4.78, 5) is 18.4. The summed E-state index contributed by atoms with van der Waals surface area (Å²) in [7, 11) is 1.64. The van der Waals surface area contributed by atoms with Crippen molar-refractivity contribution in [1.29, 1.82) is 0 Å². The van der Waals surface area contributed by atoms with Gasteiger partial charge < -0.3 is 9.64 Å². The maximum absolute atomic E-state index is 12.4. The van der Waals surface area contributed by atoms with Gasteiger partial charge in [-0.2, -0.15) is 0 Å². The number of anilines is 1. The van der Waals surface area contributed by atoms with Crippen LogP contribution in [0, 0.1) is 11.8 Å². The summed E-state index contributed by atoms with van der Waals surface area (Å²) in [5, 5.41) is 7.13. The van der Waals surface area contributed by atoms with Crippen molar-refractivity contribution in [2.24, 2.45) is 11.8 Å². The van der Waals surface area contributed by atoms with E-state index >= 15 is 0 Å². The fourth-order valence-electron chi connectivity index (χ4n) is 2.97. The molecular formula is C18H25N5O2. The molecule has 1 saturated heterocycles. The molecular weight excluding hydrogens is 318 g/mol. The second-order valence-corrected chi connectivity index (χ2v) is 6.73. The summed E-state index contributed by atoms with van der Waals surface area (Å²) < 4.78 is 6.86. The molecule has 0 bridgehead atoms. The third-order valence-electron chi connectivity index (χ3n) is 4.88. The molecule has 7 nitrogen and oxygen atoms in total. The summed E-state index contributed by atoms with van der Waals surface area (Å²) in [6, 6.07) is 7.66. The van der Waals surface area contributed by atoms with Gasteiger partial charge in [-0.05, 0) is 36.0 Å². The van der Waals surface area contributed by atoms with Crippen LogP contribution in [0.25, 0.3) is 0 Å². The summed E-state index contributed by atoms with van der Waals surface area (Å²) in [6.07, 6.45) is 2.66. The number of amides is 2. The number of ether oxygens (including phenoxy) is 1. The molecule has 2 aromatic rings. The van der Waals surface area contributed by atoms with Crippen molar-refractivity contribution in [1.82, 2.24) is 19.7 Å². The third kappa shape index (κ3) is 4.29. The first-order valence-corrected chi connectivity index (χ1v) is 8.63. The molecule has 0 saturated carbocycles. The molecule has 1 aromatic heterocycles. The lowest BCUT2D eigenvalue weighted by Gasteiger charge is -2.34. The van der Waals surface area contributed by atoms with Gasteiger partial charge in [0.1, 0.15) is 12.1 Å². The van der Waals surface area contributed by atoms with Crippen LogP contribution in [0.1, 0.15) is 25.8 Å². The number of methoxy groups -OCH3 is 1. The molecule has 134 valence electrons. The van der Waals surface area contributed by atoms with E-state index in [1.807, 2.05) is 29.2 Å². The van der Waals surface area contributed by atoms with Crippen molar-refractivity contribution in [2.45, 2.75) is 26.8 Å². The molecule has 0 radical (unpaired) electrons. The highest BCUT2D eigenvalue weighted by atomic mass is 16.5. The molecule has 0 aliphatic carbocycles. The van der Waals surface area contributed by atoms with Crippen LogP contribution < -0.4 is 10.1 Å². The Kier molecular flexibility index (Phi) is 5.21. The molecule has 2 heterocycles. The van der Waals surface area contributed by atoms with E-state index in [0.717, 1.165) is 30.8 Å². The lowest BCUT2D eigenvalue weighted by molar-refractivity contribution is 0.154. The van der Waals surface area contributed by atoms with Crippen LogP contribution in [0.4, 0.5) is 10.7 Å². The van der Waals surface area contributed by atoms with E-state index in [0.29, 0.717) is 24.3 Å². The van der Waals surface area contributed by atoms with Gasteiger partial charge in [0.05, 0.1) is 13.7 Å². The molecule has 3 rings (SSSR count). The van der Waals surface area contributed by atoms with Crippen LogP contribution in [0.15, 0.2) is 30.6 Å². The van der Waals surface area contributed by atoms with Gasteiger partial charge in [-0.15, -0.1) is 5.10 Å². The fraction of sp³-hybridized carbons (Fsp3) is 0.500. The largest absolute Gasteiger partial charge is 0.497 e. The highest BCUT2D eigenvalue weighted by Crippen LogP contribution is 2.22. The van der Waals surface area contributed by atoms with Crippen LogP contribution in [0.5, 0.6) is 5.75 Å². The summed E-state index contributed by atoms with van der Waals surface area (Å²) in [6.45, 7) is 6.57. The molecule has 1 aromatic carbocycles. The molecule has 0 spiro atoms. The molecule has 2 unspecified atom stereocenters. The average molecular weight is 343 g/mol. The SMILES string of the molecule is COc1ccc(Cn2cnc(NC(=O)N3CCC(C)C(C)C3)n2)cc1. The highest BCUT2D eigenvalue weighted by Gasteiger charge is 2.26. The monoisotopic (exact) mass is 343 g/mol. The Balaban J connectivity index is 1.56. The fourth-order valence-corrected chi connectivity index (χ4v) is 2.97. The number of aromatic nitrogens is 3. The second-order valence-electron chi connectivity index (χ2n) is 6.73.